The topological polar surface area (TPSA) is 66.9 Å². The minimum Gasteiger partial charge on any atom is -0.457 e. The molecule has 7 heteroatoms. The number of likely N-dealkylation sites (N-methyl/N-ethyl adjacent to an activating group) is 1. The van der Waals surface area contributed by atoms with Gasteiger partial charge in [0.1, 0.15) is 6.10 Å². The Labute approximate surface area is 178 Å². The number of benzene rings is 2. The average Bonchev–Trinajstić information content (AvgIpc) is 2.79. The molecule has 1 unspecified atom stereocenters. The predicted molar refractivity (Wildman–Crippen MR) is 115 cm³/mol. The van der Waals surface area contributed by atoms with Gasteiger partial charge >= 0.3 is 5.97 Å². The molecule has 1 fully saturated rings. The molecule has 0 radical (unpaired) electrons. The minimum atomic E-state index is -3.61. The molecule has 2 aromatic carbocycles. The van der Waals surface area contributed by atoms with E-state index in [1.165, 1.54) is 22.0 Å². The van der Waals surface area contributed by atoms with Gasteiger partial charge in [-0.15, -0.1) is 0 Å². The summed E-state index contributed by atoms with van der Waals surface area (Å²) in [5.41, 5.74) is 2.62. The van der Waals surface area contributed by atoms with Crippen LogP contribution in [0, 0.1) is 0 Å². The molecule has 2 aliphatic heterocycles. The number of carbonyl (C=O) groups is 1. The molecule has 1 atom stereocenters. The molecular weight excluding hydrogens is 400 g/mol. The van der Waals surface area contributed by atoms with Crippen molar-refractivity contribution in [2.24, 2.45) is 0 Å². The first-order valence-electron chi connectivity index (χ1n) is 10.6. The number of nitrogens with zero attached hydrogens (tertiary/aromatic N) is 2. The van der Waals surface area contributed by atoms with Crippen molar-refractivity contribution in [2.75, 3.05) is 26.2 Å². The largest absolute Gasteiger partial charge is 0.457 e. The lowest BCUT2D eigenvalue weighted by molar-refractivity contribution is 0.00773. The van der Waals surface area contributed by atoms with Gasteiger partial charge in [-0.25, -0.2) is 13.2 Å². The van der Waals surface area contributed by atoms with Crippen LogP contribution in [-0.2, 0) is 27.7 Å². The fourth-order valence-electron chi connectivity index (χ4n) is 4.20. The first kappa shape index (κ1) is 21.0. The highest BCUT2D eigenvalue weighted by molar-refractivity contribution is 7.89. The van der Waals surface area contributed by atoms with Gasteiger partial charge in [0.2, 0.25) is 10.0 Å². The lowest BCUT2D eigenvalue weighted by atomic mass is 10.0. The summed E-state index contributed by atoms with van der Waals surface area (Å²) in [6, 6.07) is 14.0. The lowest BCUT2D eigenvalue weighted by Crippen LogP contribution is -2.40. The number of sulfonamides is 1. The molecule has 0 amide bonds. The van der Waals surface area contributed by atoms with Gasteiger partial charge in [0.25, 0.3) is 0 Å². The lowest BCUT2D eigenvalue weighted by Gasteiger charge is -2.31. The third-order valence-corrected chi connectivity index (χ3v) is 7.87. The van der Waals surface area contributed by atoms with Crippen molar-refractivity contribution < 1.29 is 17.9 Å². The number of carbonyl (C=O) groups excluding carboxylic acids is 1. The van der Waals surface area contributed by atoms with Gasteiger partial charge in [0.15, 0.2) is 0 Å². The Balaban J connectivity index is 1.43. The Bertz CT molecular complexity index is 1000. The number of rotatable bonds is 5. The van der Waals surface area contributed by atoms with Crippen LogP contribution in [0.3, 0.4) is 0 Å². The summed E-state index contributed by atoms with van der Waals surface area (Å²) in [6.07, 6.45) is 2.48. The number of hydrogen-bond acceptors (Lipinski definition) is 5. The van der Waals surface area contributed by atoms with Crippen LogP contribution in [-0.4, -0.2) is 55.9 Å². The maximum Gasteiger partial charge on any atom is 0.338 e. The van der Waals surface area contributed by atoms with Crippen molar-refractivity contribution in [1.82, 2.24) is 9.21 Å². The van der Waals surface area contributed by atoms with Gasteiger partial charge in [0, 0.05) is 19.6 Å². The van der Waals surface area contributed by atoms with Crippen molar-refractivity contribution in [3.05, 3.63) is 65.2 Å². The molecular formula is C23H28N2O4S. The van der Waals surface area contributed by atoms with E-state index in [4.69, 9.17) is 4.74 Å². The molecule has 6 nitrogen and oxygen atoms in total. The highest BCUT2D eigenvalue weighted by Crippen LogP contribution is 2.25. The third kappa shape index (κ3) is 4.43. The molecule has 0 spiro atoms. The molecule has 2 aliphatic rings. The van der Waals surface area contributed by atoms with Crippen molar-refractivity contribution in [1.29, 1.82) is 0 Å². The van der Waals surface area contributed by atoms with Crippen molar-refractivity contribution in [3.63, 3.8) is 0 Å². The second kappa shape index (κ2) is 8.88. The number of fused-ring (bicyclic) bond motifs is 1. The van der Waals surface area contributed by atoms with E-state index in [0.29, 0.717) is 25.1 Å². The number of ether oxygens (including phenoxy) is 1. The molecule has 2 heterocycles. The molecule has 0 aromatic heterocycles. The fourth-order valence-corrected chi connectivity index (χ4v) is 5.62. The summed E-state index contributed by atoms with van der Waals surface area (Å²) in [4.78, 5) is 15.0. The van der Waals surface area contributed by atoms with E-state index in [0.717, 1.165) is 38.0 Å². The maximum atomic E-state index is 13.1. The predicted octanol–water partition coefficient (Wildman–Crippen LogP) is 3.07. The van der Waals surface area contributed by atoms with Crippen LogP contribution >= 0.6 is 0 Å². The SMILES string of the molecule is CCN1CCCC(OC(=O)c2ccc(S(=O)(=O)N3CCc4ccccc4C3)cc2)C1. The number of piperidine rings is 1. The summed E-state index contributed by atoms with van der Waals surface area (Å²) in [6.45, 7) is 5.67. The Morgan fingerprint density at radius 1 is 1.07 bits per heavy atom. The summed E-state index contributed by atoms with van der Waals surface area (Å²) < 4.78 is 33.3. The van der Waals surface area contributed by atoms with E-state index in [9.17, 15) is 13.2 Å². The Morgan fingerprint density at radius 3 is 2.53 bits per heavy atom. The summed E-state index contributed by atoms with van der Waals surface area (Å²) in [5.74, 6) is -0.395. The summed E-state index contributed by atoms with van der Waals surface area (Å²) in [7, 11) is -3.61. The van der Waals surface area contributed by atoms with Crippen LogP contribution in [0.1, 0.15) is 41.3 Å². The van der Waals surface area contributed by atoms with E-state index in [1.54, 1.807) is 12.1 Å². The number of hydrogen-bond donors (Lipinski definition) is 0. The molecule has 160 valence electrons. The van der Waals surface area contributed by atoms with Crippen LogP contribution in [0.25, 0.3) is 0 Å². The Hall–Kier alpha value is -2.22. The quantitative estimate of drug-likeness (QED) is 0.685. The summed E-state index contributed by atoms with van der Waals surface area (Å²) >= 11 is 0. The van der Waals surface area contributed by atoms with Crippen LogP contribution < -0.4 is 0 Å². The van der Waals surface area contributed by atoms with E-state index >= 15 is 0 Å². The monoisotopic (exact) mass is 428 g/mol. The van der Waals surface area contributed by atoms with E-state index < -0.39 is 16.0 Å². The van der Waals surface area contributed by atoms with Crippen LogP contribution in [0.5, 0.6) is 0 Å². The standard InChI is InChI=1S/C23H28N2O4S/c1-2-24-14-5-8-21(17-24)29-23(26)19-9-11-22(12-10-19)30(27,28)25-15-13-18-6-3-4-7-20(18)16-25/h3-4,6-7,9-12,21H,2,5,8,13-17H2,1H3. The zero-order chi connectivity index (χ0) is 21.1. The van der Waals surface area contributed by atoms with Crippen LogP contribution in [0.15, 0.2) is 53.4 Å². The molecule has 0 aliphatic carbocycles. The third-order valence-electron chi connectivity index (χ3n) is 6.01. The molecule has 0 saturated carbocycles. The van der Waals surface area contributed by atoms with Gasteiger partial charge in [-0.3, -0.25) is 4.90 Å². The molecule has 0 bridgehead atoms. The Kier molecular flexibility index (Phi) is 6.22. The average molecular weight is 429 g/mol. The zero-order valence-corrected chi connectivity index (χ0v) is 18.1. The minimum absolute atomic E-state index is 0.108. The van der Waals surface area contributed by atoms with Crippen molar-refractivity contribution in [2.45, 2.75) is 43.7 Å². The van der Waals surface area contributed by atoms with E-state index in [-0.39, 0.29) is 11.0 Å². The normalized spacial score (nSPS) is 20.5. The number of likely N-dealkylation sites (tertiary alicyclic amines) is 1. The molecule has 2 aromatic rings. The molecule has 4 rings (SSSR count). The smallest absolute Gasteiger partial charge is 0.338 e. The first-order valence-corrected chi connectivity index (χ1v) is 12.0. The van der Waals surface area contributed by atoms with Gasteiger partial charge in [0.05, 0.1) is 10.5 Å². The molecule has 30 heavy (non-hydrogen) atoms. The summed E-state index contributed by atoms with van der Waals surface area (Å²) in [5, 5.41) is 0. The van der Waals surface area contributed by atoms with Gasteiger partial charge in [-0.05, 0) is 67.7 Å². The fraction of sp³-hybridized carbons (Fsp3) is 0.435. The highest BCUT2D eigenvalue weighted by Gasteiger charge is 2.28. The van der Waals surface area contributed by atoms with Crippen LogP contribution in [0.4, 0.5) is 0 Å². The maximum absolute atomic E-state index is 13.1. The van der Waals surface area contributed by atoms with Gasteiger partial charge in [-0.2, -0.15) is 4.31 Å². The van der Waals surface area contributed by atoms with Gasteiger partial charge in [-0.1, -0.05) is 31.2 Å². The number of esters is 1. The molecule has 1 saturated heterocycles. The van der Waals surface area contributed by atoms with Crippen LogP contribution in [0.2, 0.25) is 0 Å². The van der Waals surface area contributed by atoms with E-state index in [1.807, 2.05) is 24.3 Å². The van der Waals surface area contributed by atoms with E-state index in [2.05, 4.69) is 11.8 Å². The van der Waals surface area contributed by atoms with Crippen molar-refractivity contribution >= 4 is 16.0 Å². The zero-order valence-electron chi connectivity index (χ0n) is 17.3. The second-order valence-corrected chi connectivity index (χ2v) is 9.88. The Morgan fingerprint density at radius 2 is 1.80 bits per heavy atom. The van der Waals surface area contributed by atoms with Crippen molar-refractivity contribution in [3.8, 4) is 0 Å². The highest BCUT2D eigenvalue weighted by atomic mass is 32.2. The second-order valence-electron chi connectivity index (χ2n) is 7.94. The molecule has 0 N–H and O–H groups in total. The van der Waals surface area contributed by atoms with Gasteiger partial charge < -0.3 is 4.74 Å². The first-order chi connectivity index (χ1) is 14.5.